The number of likely N-dealkylation sites (tertiary alicyclic amines) is 2. The fourth-order valence-corrected chi connectivity index (χ4v) is 3.19. The van der Waals surface area contributed by atoms with Crippen LogP contribution in [-0.4, -0.2) is 48.4 Å². The lowest BCUT2D eigenvalue weighted by atomic mass is 10.0. The first-order chi connectivity index (χ1) is 8.83. The average Bonchev–Trinajstić information content (AvgIpc) is 3.25. The number of amides is 1. The van der Waals surface area contributed by atoms with Crippen LogP contribution >= 0.6 is 0 Å². The third-order valence-corrected chi connectivity index (χ3v) is 4.53. The second-order valence-corrected chi connectivity index (χ2v) is 5.92. The minimum atomic E-state index is 0.359. The van der Waals surface area contributed by atoms with Crippen molar-refractivity contribution in [2.75, 3.05) is 32.7 Å². The van der Waals surface area contributed by atoms with Gasteiger partial charge >= 0.3 is 0 Å². The van der Waals surface area contributed by atoms with E-state index in [0.717, 1.165) is 26.2 Å². The molecular weight excluding hydrogens is 224 g/mol. The van der Waals surface area contributed by atoms with E-state index in [1.807, 2.05) is 0 Å². The molecular formula is C15H24N2O. The minimum Gasteiger partial charge on any atom is -0.342 e. The highest BCUT2D eigenvalue weighted by Crippen LogP contribution is 2.35. The topological polar surface area (TPSA) is 23.6 Å². The third-order valence-electron chi connectivity index (χ3n) is 4.53. The zero-order valence-electron chi connectivity index (χ0n) is 11.3. The maximum Gasteiger partial charge on any atom is 0.236 e. The van der Waals surface area contributed by atoms with Crippen molar-refractivity contribution in [1.29, 1.82) is 0 Å². The average molecular weight is 248 g/mol. The Hall–Kier alpha value is -0.830. The van der Waals surface area contributed by atoms with Gasteiger partial charge in [0.1, 0.15) is 0 Å². The van der Waals surface area contributed by atoms with Gasteiger partial charge in [-0.1, -0.05) is 11.1 Å². The Balaban J connectivity index is 1.45. The summed E-state index contributed by atoms with van der Waals surface area (Å²) in [6, 6.07) is 0. The van der Waals surface area contributed by atoms with E-state index >= 15 is 0 Å². The number of allylic oxidation sites excluding steroid dienone is 1. The normalized spacial score (nSPS) is 25.4. The van der Waals surface area contributed by atoms with Gasteiger partial charge in [-0.25, -0.2) is 0 Å². The quantitative estimate of drug-likeness (QED) is 0.699. The molecule has 0 atom stereocenters. The second kappa shape index (κ2) is 5.43. The second-order valence-electron chi connectivity index (χ2n) is 5.92. The SMILES string of the molecule is O=C(CN1CCC(=C2CC2)CC1)N1CCCCC1. The number of nitrogens with zero attached hydrogens (tertiary/aromatic N) is 2. The molecule has 1 amide bonds. The summed E-state index contributed by atoms with van der Waals surface area (Å²) in [5.74, 6) is 0.359. The predicted molar refractivity (Wildman–Crippen MR) is 72.4 cm³/mol. The van der Waals surface area contributed by atoms with E-state index in [0.29, 0.717) is 12.5 Å². The lowest BCUT2D eigenvalue weighted by Gasteiger charge is -2.32. The van der Waals surface area contributed by atoms with Crippen molar-refractivity contribution in [1.82, 2.24) is 9.80 Å². The molecule has 0 N–H and O–H groups in total. The molecule has 3 heteroatoms. The molecule has 3 fully saturated rings. The molecule has 0 bridgehead atoms. The number of hydrogen-bond acceptors (Lipinski definition) is 2. The maximum absolute atomic E-state index is 12.2. The molecule has 0 aromatic heterocycles. The summed E-state index contributed by atoms with van der Waals surface area (Å²) in [7, 11) is 0. The highest BCUT2D eigenvalue weighted by Gasteiger charge is 2.24. The van der Waals surface area contributed by atoms with Crippen molar-refractivity contribution < 1.29 is 4.79 Å². The highest BCUT2D eigenvalue weighted by molar-refractivity contribution is 5.78. The van der Waals surface area contributed by atoms with Crippen LogP contribution in [0.15, 0.2) is 11.1 Å². The van der Waals surface area contributed by atoms with E-state index in [2.05, 4.69) is 9.80 Å². The van der Waals surface area contributed by atoms with Gasteiger partial charge in [0.2, 0.25) is 5.91 Å². The fourth-order valence-electron chi connectivity index (χ4n) is 3.19. The number of carbonyl (C=O) groups excluding carboxylic acids is 1. The van der Waals surface area contributed by atoms with Crippen LogP contribution in [0.1, 0.15) is 44.9 Å². The standard InChI is InChI=1S/C15H24N2O/c18-15(17-8-2-1-3-9-17)12-16-10-6-14(7-11-16)13-4-5-13/h1-12H2. The van der Waals surface area contributed by atoms with Gasteiger partial charge < -0.3 is 4.90 Å². The Morgan fingerprint density at radius 1 is 0.833 bits per heavy atom. The van der Waals surface area contributed by atoms with E-state index in [1.54, 1.807) is 11.1 Å². The molecule has 2 aliphatic heterocycles. The molecule has 18 heavy (non-hydrogen) atoms. The lowest BCUT2D eigenvalue weighted by molar-refractivity contribution is -0.133. The van der Waals surface area contributed by atoms with E-state index in [4.69, 9.17) is 0 Å². The van der Waals surface area contributed by atoms with E-state index in [-0.39, 0.29) is 0 Å². The molecule has 3 rings (SSSR count). The van der Waals surface area contributed by atoms with Crippen LogP contribution in [0.2, 0.25) is 0 Å². The van der Waals surface area contributed by atoms with Crippen molar-refractivity contribution >= 4 is 5.91 Å². The summed E-state index contributed by atoms with van der Waals surface area (Å²) in [5, 5.41) is 0. The van der Waals surface area contributed by atoms with Crippen molar-refractivity contribution in [3.63, 3.8) is 0 Å². The summed E-state index contributed by atoms with van der Waals surface area (Å²) in [6.07, 6.45) is 8.81. The van der Waals surface area contributed by atoms with Crippen LogP contribution in [0.3, 0.4) is 0 Å². The summed E-state index contributed by atoms with van der Waals surface area (Å²) >= 11 is 0. The van der Waals surface area contributed by atoms with Crippen LogP contribution in [0, 0.1) is 0 Å². The predicted octanol–water partition coefficient (Wildman–Crippen LogP) is 2.19. The van der Waals surface area contributed by atoms with Crippen molar-refractivity contribution in [2.24, 2.45) is 0 Å². The summed E-state index contributed by atoms with van der Waals surface area (Å²) in [4.78, 5) is 16.6. The molecule has 0 unspecified atom stereocenters. The maximum atomic E-state index is 12.2. The van der Waals surface area contributed by atoms with Gasteiger partial charge in [-0.15, -0.1) is 0 Å². The lowest BCUT2D eigenvalue weighted by Crippen LogP contribution is -2.44. The molecule has 0 aromatic rings. The Bertz CT molecular complexity index is 340. The first-order valence-electron chi connectivity index (χ1n) is 7.53. The van der Waals surface area contributed by atoms with Crippen molar-refractivity contribution in [3.8, 4) is 0 Å². The van der Waals surface area contributed by atoms with Gasteiger partial charge in [-0.05, 0) is 44.9 Å². The fraction of sp³-hybridized carbons (Fsp3) is 0.800. The zero-order chi connectivity index (χ0) is 12.4. The number of carbonyl (C=O) groups is 1. The number of piperidine rings is 2. The summed E-state index contributed by atoms with van der Waals surface area (Å²) in [5.41, 5.74) is 3.42. The molecule has 100 valence electrons. The Labute approximate surface area is 110 Å². The first-order valence-corrected chi connectivity index (χ1v) is 7.53. The molecule has 0 aromatic carbocycles. The Morgan fingerprint density at radius 2 is 1.44 bits per heavy atom. The smallest absolute Gasteiger partial charge is 0.236 e. The molecule has 1 aliphatic carbocycles. The van der Waals surface area contributed by atoms with Gasteiger partial charge in [-0.3, -0.25) is 9.69 Å². The van der Waals surface area contributed by atoms with Gasteiger partial charge in [0.05, 0.1) is 6.54 Å². The van der Waals surface area contributed by atoms with Crippen LogP contribution in [0.5, 0.6) is 0 Å². The van der Waals surface area contributed by atoms with Gasteiger partial charge in [0.25, 0.3) is 0 Å². The molecule has 3 aliphatic rings. The Kier molecular flexibility index (Phi) is 3.69. The van der Waals surface area contributed by atoms with E-state index in [1.165, 1.54) is 44.9 Å². The van der Waals surface area contributed by atoms with Gasteiger partial charge in [-0.2, -0.15) is 0 Å². The van der Waals surface area contributed by atoms with Gasteiger partial charge in [0, 0.05) is 26.2 Å². The molecule has 0 radical (unpaired) electrons. The van der Waals surface area contributed by atoms with Crippen molar-refractivity contribution in [2.45, 2.75) is 44.9 Å². The summed E-state index contributed by atoms with van der Waals surface area (Å²) < 4.78 is 0. The van der Waals surface area contributed by atoms with Gasteiger partial charge in [0.15, 0.2) is 0 Å². The number of hydrogen-bond donors (Lipinski definition) is 0. The molecule has 2 heterocycles. The first kappa shape index (κ1) is 12.2. The van der Waals surface area contributed by atoms with E-state index in [9.17, 15) is 4.79 Å². The molecule has 2 saturated heterocycles. The third kappa shape index (κ3) is 2.94. The van der Waals surface area contributed by atoms with Crippen molar-refractivity contribution in [3.05, 3.63) is 11.1 Å². The van der Waals surface area contributed by atoms with Crippen LogP contribution in [0.4, 0.5) is 0 Å². The Morgan fingerprint density at radius 3 is 2.06 bits per heavy atom. The molecule has 1 saturated carbocycles. The minimum absolute atomic E-state index is 0.359. The van der Waals surface area contributed by atoms with Crippen LogP contribution in [0.25, 0.3) is 0 Å². The highest BCUT2D eigenvalue weighted by atomic mass is 16.2. The zero-order valence-corrected chi connectivity index (χ0v) is 11.3. The van der Waals surface area contributed by atoms with Crippen LogP contribution in [-0.2, 0) is 4.79 Å². The summed E-state index contributed by atoms with van der Waals surface area (Å²) in [6.45, 7) is 4.82. The monoisotopic (exact) mass is 248 g/mol. The number of rotatable bonds is 2. The van der Waals surface area contributed by atoms with Crippen LogP contribution < -0.4 is 0 Å². The van der Waals surface area contributed by atoms with E-state index < -0.39 is 0 Å². The molecule has 0 spiro atoms. The largest absolute Gasteiger partial charge is 0.342 e. The molecule has 3 nitrogen and oxygen atoms in total.